The number of nitrogens with zero attached hydrogens (tertiary/aromatic N) is 1. The molecule has 1 heterocycles. The van der Waals surface area contributed by atoms with Gasteiger partial charge in [0.2, 0.25) is 5.91 Å². The standard InChI is InChI=1S/C16H17N3O2/c1-11-13(17)7-9-15(18-11)19-16(21)10-8-14(20)12-5-3-2-4-6-12/h2-7,9H,8,10,17H2,1H3,(H,18,19,21). The van der Waals surface area contributed by atoms with Crippen LogP contribution in [0.4, 0.5) is 11.5 Å². The molecule has 0 spiro atoms. The van der Waals surface area contributed by atoms with Crippen LogP contribution in [0.5, 0.6) is 0 Å². The van der Waals surface area contributed by atoms with E-state index in [1.807, 2.05) is 6.07 Å². The van der Waals surface area contributed by atoms with Gasteiger partial charge in [0.05, 0.1) is 11.4 Å². The number of benzene rings is 1. The van der Waals surface area contributed by atoms with Crippen LogP contribution in [0.1, 0.15) is 28.9 Å². The van der Waals surface area contributed by atoms with E-state index in [9.17, 15) is 9.59 Å². The van der Waals surface area contributed by atoms with Crippen LogP contribution in [-0.2, 0) is 4.79 Å². The molecular weight excluding hydrogens is 266 g/mol. The molecule has 0 fully saturated rings. The van der Waals surface area contributed by atoms with Crippen molar-refractivity contribution in [1.82, 2.24) is 4.98 Å². The predicted octanol–water partition coefficient (Wildman–Crippen LogP) is 2.57. The zero-order chi connectivity index (χ0) is 15.2. The summed E-state index contributed by atoms with van der Waals surface area (Å²) in [5.41, 5.74) is 7.52. The van der Waals surface area contributed by atoms with Gasteiger partial charge in [0, 0.05) is 18.4 Å². The number of nitrogen functional groups attached to an aromatic ring is 1. The summed E-state index contributed by atoms with van der Waals surface area (Å²) in [7, 11) is 0. The Hall–Kier alpha value is -2.69. The lowest BCUT2D eigenvalue weighted by atomic mass is 10.1. The highest BCUT2D eigenvalue weighted by Crippen LogP contribution is 2.12. The average molecular weight is 283 g/mol. The van der Waals surface area contributed by atoms with Gasteiger partial charge in [-0.3, -0.25) is 9.59 Å². The summed E-state index contributed by atoms with van der Waals surface area (Å²) in [5.74, 6) is 0.155. The number of amides is 1. The SMILES string of the molecule is Cc1nc(NC(=O)CCC(=O)c2ccccc2)ccc1N. The first-order chi connectivity index (χ1) is 10.1. The van der Waals surface area contributed by atoms with E-state index in [-0.39, 0.29) is 24.5 Å². The Balaban J connectivity index is 1.87. The molecule has 0 aliphatic carbocycles. The first-order valence-electron chi connectivity index (χ1n) is 6.67. The van der Waals surface area contributed by atoms with Gasteiger partial charge >= 0.3 is 0 Å². The van der Waals surface area contributed by atoms with Crippen LogP contribution in [0.2, 0.25) is 0 Å². The minimum Gasteiger partial charge on any atom is -0.397 e. The fourth-order valence-corrected chi connectivity index (χ4v) is 1.84. The van der Waals surface area contributed by atoms with Gasteiger partial charge in [-0.15, -0.1) is 0 Å². The van der Waals surface area contributed by atoms with Crippen molar-refractivity contribution < 1.29 is 9.59 Å². The summed E-state index contributed by atoms with van der Waals surface area (Å²) < 4.78 is 0. The summed E-state index contributed by atoms with van der Waals surface area (Å²) in [6.45, 7) is 1.77. The molecule has 0 radical (unpaired) electrons. The Labute approximate surface area is 123 Å². The summed E-state index contributed by atoms with van der Waals surface area (Å²) in [4.78, 5) is 27.9. The summed E-state index contributed by atoms with van der Waals surface area (Å²) >= 11 is 0. The van der Waals surface area contributed by atoms with E-state index in [0.29, 0.717) is 22.8 Å². The third-order valence-electron chi connectivity index (χ3n) is 3.07. The van der Waals surface area contributed by atoms with E-state index >= 15 is 0 Å². The molecule has 21 heavy (non-hydrogen) atoms. The third kappa shape index (κ3) is 4.14. The van der Waals surface area contributed by atoms with Gasteiger partial charge in [-0.25, -0.2) is 4.98 Å². The molecular formula is C16H17N3O2. The average Bonchev–Trinajstić information content (AvgIpc) is 2.49. The van der Waals surface area contributed by atoms with E-state index in [2.05, 4.69) is 10.3 Å². The minimum absolute atomic E-state index is 0.0489. The van der Waals surface area contributed by atoms with Crippen molar-refractivity contribution in [3.05, 3.63) is 53.7 Å². The molecule has 1 aromatic carbocycles. The number of rotatable bonds is 5. The van der Waals surface area contributed by atoms with Gasteiger partial charge in [0.25, 0.3) is 0 Å². The zero-order valence-electron chi connectivity index (χ0n) is 11.8. The topological polar surface area (TPSA) is 85.1 Å². The second-order valence-corrected chi connectivity index (χ2v) is 4.71. The number of hydrogen-bond donors (Lipinski definition) is 2. The number of Topliss-reactive ketones (excluding diaryl/α,β-unsaturated/α-hetero) is 1. The number of aryl methyl sites for hydroxylation is 1. The highest BCUT2D eigenvalue weighted by Gasteiger charge is 2.10. The first-order valence-corrected chi connectivity index (χ1v) is 6.67. The molecule has 0 aliphatic heterocycles. The quantitative estimate of drug-likeness (QED) is 0.826. The molecule has 0 atom stereocenters. The summed E-state index contributed by atoms with van der Waals surface area (Å²) in [6.07, 6.45) is 0.294. The number of ketones is 1. The molecule has 1 amide bonds. The highest BCUT2D eigenvalue weighted by molar-refractivity contribution is 5.99. The van der Waals surface area contributed by atoms with Crippen molar-refractivity contribution in [2.24, 2.45) is 0 Å². The normalized spacial score (nSPS) is 10.1. The Morgan fingerprint density at radius 3 is 2.48 bits per heavy atom. The van der Waals surface area contributed by atoms with Crippen molar-refractivity contribution in [3.8, 4) is 0 Å². The minimum atomic E-state index is -0.240. The third-order valence-corrected chi connectivity index (χ3v) is 3.07. The fraction of sp³-hybridized carbons (Fsp3) is 0.188. The van der Waals surface area contributed by atoms with Crippen molar-refractivity contribution >= 4 is 23.2 Å². The number of nitrogens with two attached hydrogens (primary N) is 1. The van der Waals surface area contributed by atoms with E-state index in [4.69, 9.17) is 5.73 Å². The maximum Gasteiger partial charge on any atom is 0.225 e. The smallest absolute Gasteiger partial charge is 0.225 e. The largest absolute Gasteiger partial charge is 0.397 e. The van der Waals surface area contributed by atoms with Gasteiger partial charge < -0.3 is 11.1 Å². The Morgan fingerprint density at radius 2 is 1.81 bits per heavy atom. The number of aromatic nitrogens is 1. The van der Waals surface area contributed by atoms with Crippen molar-refractivity contribution in [1.29, 1.82) is 0 Å². The maximum absolute atomic E-state index is 11.9. The number of nitrogens with one attached hydrogen (secondary N) is 1. The molecule has 0 aliphatic rings. The van der Waals surface area contributed by atoms with E-state index in [0.717, 1.165) is 0 Å². The van der Waals surface area contributed by atoms with Crippen LogP contribution >= 0.6 is 0 Å². The molecule has 5 nitrogen and oxygen atoms in total. The van der Waals surface area contributed by atoms with Gasteiger partial charge in [-0.2, -0.15) is 0 Å². The zero-order valence-corrected chi connectivity index (χ0v) is 11.8. The predicted molar refractivity (Wildman–Crippen MR) is 82.0 cm³/mol. The fourth-order valence-electron chi connectivity index (χ4n) is 1.84. The maximum atomic E-state index is 11.9. The second-order valence-electron chi connectivity index (χ2n) is 4.71. The second kappa shape index (κ2) is 6.65. The van der Waals surface area contributed by atoms with Crippen LogP contribution < -0.4 is 11.1 Å². The summed E-state index contributed by atoms with van der Waals surface area (Å²) in [5, 5.41) is 2.66. The number of carbonyl (C=O) groups is 2. The lowest BCUT2D eigenvalue weighted by Crippen LogP contribution is -2.14. The lowest BCUT2D eigenvalue weighted by molar-refractivity contribution is -0.116. The van der Waals surface area contributed by atoms with Gasteiger partial charge in [0.1, 0.15) is 5.82 Å². The Morgan fingerprint density at radius 1 is 1.10 bits per heavy atom. The number of anilines is 2. The van der Waals surface area contributed by atoms with E-state index < -0.39 is 0 Å². The number of carbonyl (C=O) groups excluding carboxylic acids is 2. The monoisotopic (exact) mass is 283 g/mol. The molecule has 2 rings (SSSR count). The molecule has 1 aromatic heterocycles. The van der Waals surface area contributed by atoms with Crippen LogP contribution in [0, 0.1) is 6.92 Å². The van der Waals surface area contributed by atoms with E-state index in [1.54, 1.807) is 43.3 Å². The van der Waals surface area contributed by atoms with Crippen LogP contribution in [-0.4, -0.2) is 16.7 Å². The van der Waals surface area contributed by atoms with Crippen molar-refractivity contribution in [3.63, 3.8) is 0 Å². The summed E-state index contributed by atoms with van der Waals surface area (Å²) in [6, 6.07) is 12.3. The van der Waals surface area contributed by atoms with Gasteiger partial charge in [0.15, 0.2) is 5.78 Å². The molecule has 2 aromatic rings. The van der Waals surface area contributed by atoms with Crippen LogP contribution in [0.25, 0.3) is 0 Å². The van der Waals surface area contributed by atoms with E-state index in [1.165, 1.54) is 0 Å². The number of pyridine rings is 1. The van der Waals surface area contributed by atoms with Crippen molar-refractivity contribution in [2.75, 3.05) is 11.1 Å². The molecule has 0 saturated heterocycles. The number of hydrogen-bond acceptors (Lipinski definition) is 4. The Kier molecular flexibility index (Phi) is 4.66. The molecule has 0 bridgehead atoms. The first kappa shape index (κ1) is 14.7. The lowest BCUT2D eigenvalue weighted by Gasteiger charge is -2.06. The van der Waals surface area contributed by atoms with Crippen molar-refractivity contribution in [2.45, 2.75) is 19.8 Å². The highest BCUT2D eigenvalue weighted by atomic mass is 16.2. The van der Waals surface area contributed by atoms with Crippen LogP contribution in [0.3, 0.4) is 0 Å². The molecule has 0 unspecified atom stereocenters. The molecule has 108 valence electrons. The Bertz CT molecular complexity index is 654. The molecule has 3 N–H and O–H groups in total. The van der Waals surface area contributed by atoms with Gasteiger partial charge in [-0.05, 0) is 19.1 Å². The molecule has 0 saturated carbocycles. The van der Waals surface area contributed by atoms with Crippen LogP contribution in [0.15, 0.2) is 42.5 Å². The molecule has 5 heteroatoms. The van der Waals surface area contributed by atoms with Gasteiger partial charge in [-0.1, -0.05) is 30.3 Å².